The van der Waals surface area contributed by atoms with Crippen LogP contribution in [0, 0.1) is 17.7 Å². The second kappa shape index (κ2) is 13.9. The summed E-state index contributed by atoms with van der Waals surface area (Å²) in [5.41, 5.74) is 8.37. The number of nitrogens with two attached hydrogens (primary N) is 1. The van der Waals surface area contributed by atoms with Crippen LogP contribution >= 0.6 is 0 Å². The number of rotatable bonds is 9. The fourth-order valence-electron chi connectivity index (χ4n) is 6.61. The number of pyridine rings is 3. The second-order valence-electron chi connectivity index (χ2n) is 12.4. The van der Waals surface area contributed by atoms with E-state index in [1.807, 2.05) is 36.1 Å². The lowest BCUT2D eigenvalue weighted by molar-refractivity contribution is -0.133. The number of amidine groups is 1. The number of ether oxygens (including phenoxy) is 1. The van der Waals surface area contributed by atoms with E-state index in [9.17, 15) is 9.59 Å². The minimum Gasteiger partial charge on any atom is -0.481 e. The van der Waals surface area contributed by atoms with E-state index in [1.165, 1.54) is 6.34 Å². The van der Waals surface area contributed by atoms with E-state index in [0.29, 0.717) is 94.0 Å². The van der Waals surface area contributed by atoms with Crippen LogP contribution in [-0.4, -0.2) is 121 Å². The summed E-state index contributed by atoms with van der Waals surface area (Å²) in [7, 11) is 3.18. The molecule has 1 atom stereocenters. The molecule has 250 valence electrons. The Kier molecular flexibility index (Phi) is 9.44. The average Bonchev–Trinajstić information content (AvgIpc) is 3.68. The molecule has 3 aliphatic heterocycles. The second-order valence-corrected chi connectivity index (χ2v) is 12.4. The highest BCUT2D eigenvalue weighted by molar-refractivity contribution is 6.11. The van der Waals surface area contributed by atoms with Crippen molar-refractivity contribution in [3.63, 3.8) is 0 Å². The summed E-state index contributed by atoms with van der Waals surface area (Å²) < 4.78 is 5.14. The van der Waals surface area contributed by atoms with Gasteiger partial charge in [0.05, 0.1) is 30.5 Å². The van der Waals surface area contributed by atoms with Gasteiger partial charge in [-0.1, -0.05) is 6.07 Å². The molecule has 0 bridgehead atoms. The van der Waals surface area contributed by atoms with Crippen LogP contribution in [0.15, 0.2) is 58.8 Å². The van der Waals surface area contributed by atoms with Crippen molar-refractivity contribution in [2.24, 2.45) is 21.1 Å². The molecule has 0 saturated carbocycles. The Balaban J connectivity index is 1.03. The lowest BCUT2D eigenvalue weighted by atomic mass is 9.85. The van der Waals surface area contributed by atoms with Crippen LogP contribution in [0.1, 0.15) is 35.2 Å². The van der Waals surface area contributed by atoms with Crippen LogP contribution in [0.5, 0.6) is 5.88 Å². The van der Waals surface area contributed by atoms with E-state index in [2.05, 4.69) is 29.8 Å². The van der Waals surface area contributed by atoms with Crippen molar-refractivity contribution in [2.75, 3.05) is 76.3 Å². The fraction of sp³-hybridized carbons (Fsp3) is 0.412. The molecule has 3 fully saturated rings. The Morgan fingerprint density at radius 1 is 1.00 bits per heavy atom. The summed E-state index contributed by atoms with van der Waals surface area (Å²) >= 11 is 0. The molecule has 6 heterocycles. The van der Waals surface area contributed by atoms with Crippen LogP contribution < -0.4 is 20.3 Å². The van der Waals surface area contributed by atoms with Gasteiger partial charge in [-0.3, -0.25) is 29.8 Å². The molecule has 0 aromatic carbocycles. The number of aliphatic imine (C=N–C) groups is 2. The zero-order valence-electron chi connectivity index (χ0n) is 27.6. The van der Waals surface area contributed by atoms with Crippen molar-refractivity contribution in [2.45, 2.75) is 19.8 Å². The van der Waals surface area contributed by atoms with Gasteiger partial charge < -0.3 is 20.3 Å². The predicted molar refractivity (Wildman–Crippen MR) is 184 cm³/mol. The maximum absolute atomic E-state index is 13.9. The molecule has 0 unspecified atom stereocenters. The predicted octanol–water partition coefficient (Wildman–Crippen LogP) is 1.75. The largest absolute Gasteiger partial charge is 0.481 e. The molecule has 3 saturated heterocycles. The maximum Gasteiger partial charge on any atom is 0.236 e. The number of aromatic nitrogens is 3. The van der Waals surface area contributed by atoms with Gasteiger partial charge in [-0.15, -0.1) is 0 Å². The van der Waals surface area contributed by atoms with E-state index in [0.717, 1.165) is 16.9 Å². The Hall–Kier alpha value is -5.24. The summed E-state index contributed by atoms with van der Waals surface area (Å²) in [4.78, 5) is 56.6. The Morgan fingerprint density at radius 3 is 2.42 bits per heavy atom. The summed E-state index contributed by atoms with van der Waals surface area (Å²) in [5, 5.41) is 8.78. The molecule has 6 rings (SSSR count). The molecule has 0 radical (unpaired) electrons. The molecule has 0 aliphatic carbocycles. The van der Waals surface area contributed by atoms with Crippen LogP contribution in [0.3, 0.4) is 0 Å². The third-order valence-corrected chi connectivity index (χ3v) is 9.45. The summed E-state index contributed by atoms with van der Waals surface area (Å²) in [5.74, 6) is 2.32. The number of aryl methyl sites for hydroxylation is 1. The zero-order valence-corrected chi connectivity index (χ0v) is 27.6. The van der Waals surface area contributed by atoms with Gasteiger partial charge >= 0.3 is 0 Å². The van der Waals surface area contributed by atoms with Gasteiger partial charge in [-0.2, -0.15) is 0 Å². The quantitative estimate of drug-likeness (QED) is 0.259. The highest BCUT2D eigenvalue weighted by atomic mass is 16.5. The minimum atomic E-state index is -0.533. The van der Waals surface area contributed by atoms with Crippen LogP contribution in [0.2, 0.25) is 0 Å². The van der Waals surface area contributed by atoms with Crippen molar-refractivity contribution in [1.82, 2.24) is 24.8 Å². The topological polar surface area (TPSA) is 170 Å². The van der Waals surface area contributed by atoms with Gasteiger partial charge in [0.15, 0.2) is 0 Å². The summed E-state index contributed by atoms with van der Waals surface area (Å²) in [6.07, 6.45) is 6.10. The molecule has 3 N–H and O–H groups in total. The molecule has 48 heavy (non-hydrogen) atoms. The van der Waals surface area contributed by atoms with E-state index >= 15 is 0 Å². The van der Waals surface area contributed by atoms with Crippen LogP contribution in [-0.2, 0) is 9.59 Å². The van der Waals surface area contributed by atoms with Gasteiger partial charge in [0.1, 0.15) is 23.8 Å². The maximum atomic E-state index is 13.9. The van der Waals surface area contributed by atoms with Gasteiger partial charge in [-0.05, 0) is 56.1 Å². The van der Waals surface area contributed by atoms with Gasteiger partial charge in [0, 0.05) is 75.9 Å². The minimum absolute atomic E-state index is 0.0380. The van der Waals surface area contributed by atoms with Crippen molar-refractivity contribution < 1.29 is 14.3 Å². The number of methoxy groups -OCH3 is 1. The normalized spacial score (nSPS) is 20.4. The third-order valence-electron chi connectivity index (χ3n) is 9.45. The number of carbonyl (C=O) groups is 2. The van der Waals surface area contributed by atoms with E-state index in [1.54, 1.807) is 43.6 Å². The van der Waals surface area contributed by atoms with Gasteiger partial charge in [-0.25, -0.2) is 19.9 Å². The van der Waals surface area contributed by atoms with E-state index in [-0.39, 0.29) is 17.5 Å². The molecule has 14 nitrogen and oxygen atoms in total. The van der Waals surface area contributed by atoms with Crippen LogP contribution in [0.4, 0.5) is 11.6 Å². The highest BCUT2D eigenvalue weighted by Crippen LogP contribution is 2.42. The Bertz CT molecular complexity index is 1730. The smallest absolute Gasteiger partial charge is 0.236 e. The number of nitrogens with zero attached hydrogens (tertiary/aromatic N) is 9. The lowest BCUT2D eigenvalue weighted by Crippen LogP contribution is -2.51. The summed E-state index contributed by atoms with van der Waals surface area (Å²) in [6, 6.07) is 11.0. The molecule has 3 aliphatic rings. The first kappa shape index (κ1) is 32.7. The fourth-order valence-corrected chi connectivity index (χ4v) is 6.61. The van der Waals surface area contributed by atoms with E-state index < -0.39 is 5.41 Å². The highest BCUT2D eigenvalue weighted by Gasteiger charge is 2.51. The first-order valence-corrected chi connectivity index (χ1v) is 16.1. The lowest BCUT2D eigenvalue weighted by Gasteiger charge is -2.36. The molecule has 2 amide bonds. The van der Waals surface area contributed by atoms with Crippen molar-refractivity contribution >= 4 is 41.3 Å². The molecule has 3 aromatic heterocycles. The van der Waals surface area contributed by atoms with Gasteiger partial charge in [0.2, 0.25) is 17.7 Å². The van der Waals surface area contributed by atoms with Gasteiger partial charge in [0.25, 0.3) is 0 Å². The van der Waals surface area contributed by atoms with Crippen molar-refractivity contribution in [3.8, 4) is 5.88 Å². The number of nitrogens with one attached hydrogen (secondary N) is 1. The number of anilines is 2. The first-order chi connectivity index (χ1) is 23.2. The number of piperazine rings is 1. The molecular weight excluding hydrogens is 610 g/mol. The zero-order chi connectivity index (χ0) is 33.8. The van der Waals surface area contributed by atoms with Crippen molar-refractivity contribution in [1.29, 1.82) is 5.41 Å². The number of carbonyl (C=O) groups excluding carboxylic acids is 2. The van der Waals surface area contributed by atoms with E-state index in [4.69, 9.17) is 20.9 Å². The van der Waals surface area contributed by atoms with Crippen LogP contribution in [0.25, 0.3) is 0 Å². The monoisotopic (exact) mass is 651 g/mol. The third kappa shape index (κ3) is 6.61. The number of amides is 2. The molecule has 3 aromatic rings. The molecular formula is C34H41N11O3. The standard InChI is InChI=1S/C34H41N11O3/c1-23-4-7-27(41-31(23)30(35)24-6-9-28(48-3)39-18-24)45-13-11-34(33(45)47)10-12-42(21-34)20-29(46)44-16-14-43(15-17-44)26-8-5-25(19-38-26)32(36)40-22-37-2/h4-9,18-19,22,35H,10-17,20-21H2,1-3H3,(H2,36,37,40)/t34-/m0/s1. The summed E-state index contributed by atoms with van der Waals surface area (Å²) in [6.45, 7) is 6.56. The number of hydrogen-bond acceptors (Lipinski definition) is 10. The Labute approximate surface area is 279 Å². The average molecular weight is 652 g/mol. The molecule has 1 spiro atoms. The number of likely N-dealkylation sites (tertiary alicyclic amines) is 1. The Morgan fingerprint density at radius 2 is 1.73 bits per heavy atom. The number of hydrogen-bond donors (Lipinski definition) is 2. The molecule has 14 heteroatoms. The van der Waals surface area contributed by atoms with Crippen molar-refractivity contribution in [3.05, 3.63) is 71.2 Å². The first-order valence-electron chi connectivity index (χ1n) is 16.1. The SMILES string of the molecule is CN=CN=C(N)c1ccc(N2CCN(C(=O)CN3CC[C@]4(CCN(c5ccc(C)c(C(=N)c6ccc(OC)nc6)n5)C4=O)C3)CC2)nc1.